The molecule has 0 aliphatic rings. The summed E-state index contributed by atoms with van der Waals surface area (Å²) in [6.45, 7) is 4.00. The van der Waals surface area contributed by atoms with Crippen molar-refractivity contribution in [3.05, 3.63) is 40.0 Å². The number of aromatic amines is 1. The van der Waals surface area contributed by atoms with E-state index in [-0.39, 0.29) is 0 Å². The summed E-state index contributed by atoms with van der Waals surface area (Å²) >= 11 is 8.61. The fraction of sp³-hybridized carbons (Fsp3) is 0.214. The lowest BCUT2D eigenvalue weighted by Gasteiger charge is -2.08. The average molecular weight is 367 g/mol. The van der Waals surface area contributed by atoms with E-state index in [9.17, 15) is 0 Å². The molecule has 0 saturated heterocycles. The molecule has 21 heavy (non-hydrogen) atoms. The molecule has 3 aromatic heterocycles. The Bertz CT molecular complexity index is 812. The zero-order valence-corrected chi connectivity index (χ0v) is 14.3. The molecule has 1 N–H and O–H groups in total. The molecule has 0 radical (unpaired) electrons. The molecule has 0 saturated carbocycles. The molecule has 3 aromatic rings. The summed E-state index contributed by atoms with van der Waals surface area (Å²) in [6.07, 6.45) is 3.47. The molecule has 0 bridgehead atoms. The third kappa shape index (κ3) is 3.14. The van der Waals surface area contributed by atoms with E-state index in [2.05, 4.69) is 31.0 Å². The molecule has 0 aromatic carbocycles. The van der Waals surface area contributed by atoms with E-state index in [0.29, 0.717) is 10.5 Å². The zero-order valence-electron chi connectivity index (χ0n) is 11.9. The van der Waals surface area contributed by atoms with Gasteiger partial charge in [-0.25, -0.2) is 14.5 Å². The van der Waals surface area contributed by atoms with Gasteiger partial charge in [0.1, 0.15) is 10.4 Å². The molecular formula is C14H15BrN4OS. The van der Waals surface area contributed by atoms with Crippen LogP contribution in [0.5, 0.6) is 5.75 Å². The van der Waals surface area contributed by atoms with E-state index >= 15 is 0 Å². The maximum atomic E-state index is 5.32. The van der Waals surface area contributed by atoms with E-state index in [4.69, 9.17) is 17.0 Å². The van der Waals surface area contributed by atoms with Gasteiger partial charge in [-0.05, 0) is 46.3 Å². The Kier molecular flexibility index (Phi) is 5.08. The molecule has 110 valence electrons. The van der Waals surface area contributed by atoms with Gasteiger partial charge in [0.15, 0.2) is 0 Å². The van der Waals surface area contributed by atoms with Gasteiger partial charge < -0.3 is 4.74 Å². The summed E-state index contributed by atoms with van der Waals surface area (Å²) in [6, 6.07) is 5.74. The SMILES string of the molecule is CC.COc1cnc(Br)cc1-c1cc2cc[nH]n2c(=S)n1. The Balaban J connectivity index is 0.000000774. The van der Waals surface area contributed by atoms with Crippen molar-refractivity contribution in [1.29, 1.82) is 0 Å². The van der Waals surface area contributed by atoms with Gasteiger partial charge in [-0.3, -0.25) is 5.10 Å². The van der Waals surface area contributed by atoms with Crippen molar-refractivity contribution < 1.29 is 4.74 Å². The van der Waals surface area contributed by atoms with Crippen LogP contribution in [0.4, 0.5) is 0 Å². The number of aromatic nitrogens is 4. The van der Waals surface area contributed by atoms with Gasteiger partial charge in [-0.2, -0.15) is 0 Å². The summed E-state index contributed by atoms with van der Waals surface area (Å²) in [5, 5.41) is 3.00. The molecule has 5 nitrogen and oxygen atoms in total. The van der Waals surface area contributed by atoms with E-state index < -0.39 is 0 Å². The number of halogens is 1. The fourth-order valence-electron chi connectivity index (χ4n) is 1.87. The second kappa shape index (κ2) is 6.82. The van der Waals surface area contributed by atoms with Gasteiger partial charge in [-0.1, -0.05) is 13.8 Å². The molecule has 0 aliphatic heterocycles. The molecule has 0 aliphatic carbocycles. The summed E-state index contributed by atoms with van der Waals surface area (Å²) in [4.78, 5) is 8.55. The minimum Gasteiger partial charge on any atom is -0.494 e. The molecule has 0 spiro atoms. The van der Waals surface area contributed by atoms with Crippen molar-refractivity contribution in [2.75, 3.05) is 7.11 Å². The third-order valence-electron chi connectivity index (χ3n) is 2.74. The topological polar surface area (TPSA) is 55.2 Å². The molecule has 0 unspecified atom stereocenters. The first-order chi connectivity index (χ1) is 10.2. The quantitative estimate of drug-likeness (QED) is 0.543. The number of nitrogens with one attached hydrogen (secondary N) is 1. The lowest BCUT2D eigenvalue weighted by atomic mass is 10.1. The number of methoxy groups -OCH3 is 1. The number of hydrogen-bond donors (Lipinski definition) is 1. The van der Waals surface area contributed by atoms with Crippen LogP contribution in [0.25, 0.3) is 16.8 Å². The van der Waals surface area contributed by atoms with Gasteiger partial charge in [0.2, 0.25) is 4.77 Å². The van der Waals surface area contributed by atoms with Crippen LogP contribution in [0.3, 0.4) is 0 Å². The molecular weight excluding hydrogens is 352 g/mol. The predicted molar refractivity (Wildman–Crippen MR) is 89.2 cm³/mol. The van der Waals surface area contributed by atoms with Crippen molar-refractivity contribution in [1.82, 2.24) is 19.6 Å². The largest absolute Gasteiger partial charge is 0.494 e. The van der Waals surface area contributed by atoms with E-state index in [1.807, 2.05) is 38.2 Å². The number of H-pyrrole nitrogens is 1. The first-order valence-corrected chi connectivity index (χ1v) is 7.66. The van der Waals surface area contributed by atoms with Gasteiger partial charge in [0, 0.05) is 11.8 Å². The van der Waals surface area contributed by atoms with Crippen molar-refractivity contribution in [3.63, 3.8) is 0 Å². The summed E-state index contributed by atoms with van der Waals surface area (Å²) in [5.41, 5.74) is 2.55. The maximum Gasteiger partial charge on any atom is 0.219 e. The van der Waals surface area contributed by atoms with Crippen molar-refractivity contribution >= 4 is 33.7 Å². The summed E-state index contributed by atoms with van der Waals surface area (Å²) in [7, 11) is 1.60. The Labute approximate surface area is 136 Å². The molecule has 0 amide bonds. The highest BCUT2D eigenvalue weighted by atomic mass is 79.9. The second-order valence-electron chi connectivity index (χ2n) is 3.85. The highest BCUT2D eigenvalue weighted by Crippen LogP contribution is 2.30. The normalized spacial score (nSPS) is 10.1. The van der Waals surface area contributed by atoms with Crippen LogP contribution < -0.4 is 4.74 Å². The minimum absolute atomic E-state index is 0.465. The van der Waals surface area contributed by atoms with E-state index in [0.717, 1.165) is 21.4 Å². The number of ether oxygens (including phenoxy) is 1. The van der Waals surface area contributed by atoms with Crippen LogP contribution in [0, 0.1) is 4.77 Å². The van der Waals surface area contributed by atoms with E-state index in [1.54, 1.807) is 17.8 Å². The average Bonchev–Trinajstić information content (AvgIpc) is 2.98. The number of hydrogen-bond acceptors (Lipinski definition) is 4. The summed E-state index contributed by atoms with van der Waals surface area (Å²) in [5.74, 6) is 0.657. The molecule has 3 heterocycles. The lowest BCUT2D eigenvalue weighted by Crippen LogP contribution is -1.97. The highest BCUT2D eigenvalue weighted by molar-refractivity contribution is 9.10. The lowest BCUT2D eigenvalue weighted by molar-refractivity contribution is 0.414. The second-order valence-corrected chi connectivity index (χ2v) is 5.03. The molecule has 0 atom stereocenters. The molecule has 0 fully saturated rings. The Morgan fingerprint density at radius 2 is 2.10 bits per heavy atom. The van der Waals surface area contributed by atoms with Gasteiger partial charge in [-0.15, -0.1) is 0 Å². The van der Waals surface area contributed by atoms with Crippen molar-refractivity contribution in [2.24, 2.45) is 0 Å². The van der Waals surface area contributed by atoms with E-state index in [1.165, 1.54) is 0 Å². The Morgan fingerprint density at radius 3 is 2.81 bits per heavy atom. The van der Waals surface area contributed by atoms with Crippen molar-refractivity contribution in [3.8, 4) is 17.0 Å². The standard InChI is InChI=1S/C12H9BrN4OS.C2H6/c1-18-10-6-14-11(13)5-8(10)9-4-7-2-3-15-17(7)12(19)16-9;1-2/h2-6,15H,1H3;1-2H3. The van der Waals surface area contributed by atoms with Crippen LogP contribution in [-0.2, 0) is 0 Å². The first kappa shape index (κ1) is 15.7. The monoisotopic (exact) mass is 366 g/mol. The molecule has 3 rings (SSSR count). The van der Waals surface area contributed by atoms with Gasteiger partial charge in [0.05, 0.1) is 24.5 Å². The van der Waals surface area contributed by atoms with Gasteiger partial charge >= 0.3 is 0 Å². The van der Waals surface area contributed by atoms with Gasteiger partial charge in [0.25, 0.3) is 0 Å². The highest BCUT2D eigenvalue weighted by Gasteiger charge is 2.10. The summed E-state index contributed by atoms with van der Waals surface area (Å²) < 4.78 is 8.24. The number of rotatable bonds is 2. The molecule has 7 heteroatoms. The van der Waals surface area contributed by atoms with Crippen LogP contribution in [0.2, 0.25) is 0 Å². The van der Waals surface area contributed by atoms with Crippen LogP contribution in [-0.4, -0.2) is 26.7 Å². The number of nitrogens with zero attached hydrogens (tertiary/aromatic N) is 3. The van der Waals surface area contributed by atoms with Crippen molar-refractivity contribution in [2.45, 2.75) is 13.8 Å². The van der Waals surface area contributed by atoms with Crippen LogP contribution >= 0.6 is 28.1 Å². The minimum atomic E-state index is 0.465. The maximum absolute atomic E-state index is 5.32. The first-order valence-electron chi connectivity index (χ1n) is 6.46. The zero-order chi connectivity index (χ0) is 15.4. The Hall–Kier alpha value is -1.73. The van der Waals surface area contributed by atoms with Crippen LogP contribution in [0.15, 0.2) is 35.2 Å². The predicted octanol–water partition coefficient (Wildman–Crippen LogP) is 4.25. The Morgan fingerprint density at radius 1 is 1.33 bits per heavy atom. The smallest absolute Gasteiger partial charge is 0.219 e. The fourth-order valence-corrected chi connectivity index (χ4v) is 2.46. The number of pyridine rings is 1. The number of fused-ring (bicyclic) bond motifs is 1. The third-order valence-corrected chi connectivity index (χ3v) is 3.45. The van der Waals surface area contributed by atoms with Crippen LogP contribution in [0.1, 0.15) is 13.8 Å².